The van der Waals surface area contributed by atoms with Gasteiger partial charge in [-0.2, -0.15) is 0 Å². The molecule has 1 aliphatic rings. The van der Waals surface area contributed by atoms with Gasteiger partial charge in [0, 0.05) is 6.92 Å². The van der Waals surface area contributed by atoms with Crippen molar-refractivity contribution in [1.82, 2.24) is 0 Å². The van der Waals surface area contributed by atoms with Crippen LogP contribution < -0.4 is 4.74 Å². The minimum Gasteiger partial charge on any atom is -0.497 e. The van der Waals surface area contributed by atoms with Crippen LogP contribution in [0.3, 0.4) is 0 Å². The minimum atomic E-state index is -0.640. The maximum absolute atomic E-state index is 11.5. The number of esters is 1. The first kappa shape index (κ1) is 16.2. The first-order valence-electron chi connectivity index (χ1n) is 7.58. The van der Waals surface area contributed by atoms with Crippen LogP contribution in [0.5, 0.6) is 5.75 Å². The molecule has 0 bridgehead atoms. The number of hydrogen-bond acceptors (Lipinski definition) is 3. The molecule has 1 atom stereocenters. The Morgan fingerprint density at radius 2 is 2.09 bits per heavy atom. The lowest BCUT2D eigenvalue weighted by molar-refractivity contribution is -0.154. The van der Waals surface area contributed by atoms with Gasteiger partial charge in [-0.3, -0.25) is 4.79 Å². The third-order valence-electron chi connectivity index (χ3n) is 4.05. The third-order valence-corrected chi connectivity index (χ3v) is 4.05. The summed E-state index contributed by atoms with van der Waals surface area (Å²) in [6.45, 7) is 1.44. The number of ether oxygens (including phenoxy) is 2. The number of rotatable bonds is 4. The highest BCUT2D eigenvalue weighted by Crippen LogP contribution is 2.40. The molecular formula is C19H22O3. The van der Waals surface area contributed by atoms with Crippen molar-refractivity contribution in [2.75, 3.05) is 7.11 Å². The van der Waals surface area contributed by atoms with Gasteiger partial charge in [0.2, 0.25) is 0 Å². The number of carbonyl (C=O) groups excluding carboxylic acids is 1. The fourth-order valence-electron chi connectivity index (χ4n) is 3.01. The van der Waals surface area contributed by atoms with E-state index >= 15 is 0 Å². The second-order valence-corrected chi connectivity index (χ2v) is 5.62. The summed E-state index contributed by atoms with van der Waals surface area (Å²) in [6, 6.07) is 7.83. The highest BCUT2D eigenvalue weighted by molar-refractivity contribution is 5.68. The second-order valence-electron chi connectivity index (χ2n) is 5.62. The van der Waals surface area contributed by atoms with Gasteiger partial charge >= 0.3 is 5.97 Å². The molecule has 3 heteroatoms. The molecule has 1 fully saturated rings. The Balaban J connectivity index is 2.35. The lowest BCUT2D eigenvalue weighted by Gasteiger charge is -2.38. The summed E-state index contributed by atoms with van der Waals surface area (Å²) in [5, 5.41) is 0. The van der Waals surface area contributed by atoms with Gasteiger partial charge in [-0.15, -0.1) is 12.3 Å². The van der Waals surface area contributed by atoms with Crippen LogP contribution in [0, 0.1) is 12.3 Å². The SMILES string of the molecule is C#CCC1(OC(C)=O)CCCC/C1=C\c1ccc(OC)cc1. The molecule has 0 heterocycles. The van der Waals surface area contributed by atoms with E-state index in [2.05, 4.69) is 12.0 Å². The van der Waals surface area contributed by atoms with Gasteiger partial charge in [-0.25, -0.2) is 0 Å². The Labute approximate surface area is 132 Å². The molecule has 1 saturated carbocycles. The fraction of sp³-hybridized carbons (Fsp3) is 0.421. The molecule has 0 N–H and O–H groups in total. The number of hydrogen-bond donors (Lipinski definition) is 0. The van der Waals surface area contributed by atoms with E-state index in [-0.39, 0.29) is 5.97 Å². The van der Waals surface area contributed by atoms with Gasteiger partial charge in [0.25, 0.3) is 0 Å². The van der Waals surface area contributed by atoms with E-state index in [1.54, 1.807) is 7.11 Å². The normalized spacial score (nSPS) is 22.9. The topological polar surface area (TPSA) is 35.5 Å². The summed E-state index contributed by atoms with van der Waals surface area (Å²) in [5.74, 6) is 3.22. The molecule has 1 unspecified atom stereocenters. The summed E-state index contributed by atoms with van der Waals surface area (Å²) in [5.41, 5.74) is 1.53. The van der Waals surface area contributed by atoms with Crippen LogP contribution >= 0.6 is 0 Å². The van der Waals surface area contributed by atoms with E-state index < -0.39 is 5.60 Å². The van der Waals surface area contributed by atoms with Crippen molar-refractivity contribution in [3.05, 3.63) is 35.4 Å². The van der Waals surface area contributed by atoms with E-state index in [0.717, 1.165) is 42.6 Å². The summed E-state index contributed by atoms with van der Waals surface area (Å²) >= 11 is 0. The fourth-order valence-corrected chi connectivity index (χ4v) is 3.01. The number of methoxy groups -OCH3 is 1. The molecule has 0 amide bonds. The van der Waals surface area contributed by atoms with Crippen LogP contribution in [0.1, 0.15) is 44.6 Å². The Morgan fingerprint density at radius 3 is 2.68 bits per heavy atom. The van der Waals surface area contributed by atoms with Crippen LogP contribution in [0.2, 0.25) is 0 Å². The van der Waals surface area contributed by atoms with Crippen molar-refractivity contribution in [1.29, 1.82) is 0 Å². The summed E-state index contributed by atoms with van der Waals surface area (Å²) in [7, 11) is 1.65. The molecule has 0 aromatic heterocycles. The Morgan fingerprint density at radius 1 is 1.36 bits per heavy atom. The van der Waals surface area contributed by atoms with E-state index in [1.807, 2.05) is 24.3 Å². The number of benzene rings is 1. The molecule has 2 rings (SSSR count). The van der Waals surface area contributed by atoms with Gasteiger partial charge in [-0.05, 0) is 49.0 Å². The second kappa shape index (κ2) is 7.17. The van der Waals surface area contributed by atoms with E-state index in [0.29, 0.717) is 6.42 Å². The molecule has 1 aliphatic carbocycles. The van der Waals surface area contributed by atoms with Crippen LogP contribution in [0.4, 0.5) is 0 Å². The van der Waals surface area contributed by atoms with Gasteiger partial charge in [-0.1, -0.05) is 18.2 Å². The zero-order valence-corrected chi connectivity index (χ0v) is 13.2. The molecule has 0 saturated heterocycles. The number of carbonyl (C=O) groups is 1. The van der Waals surface area contributed by atoms with E-state index in [4.69, 9.17) is 15.9 Å². The monoisotopic (exact) mass is 298 g/mol. The average Bonchev–Trinajstić information content (AvgIpc) is 2.50. The van der Waals surface area contributed by atoms with Crippen molar-refractivity contribution in [3.63, 3.8) is 0 Å². The average molecular weight is 298 g/mol. The standard InChI is InChI=1S/C19H22O3/c1-4-12-19(22-15(2)20)13-6-5-7-17(19)14-16-8-10-18(21-3)11-9-16/h1,8-11,14H,5-7,12-13H2,2-3H3/b17-14+. The maximum Gasteiger partial charge on any atom is 0.303 e. The molecule has 116 valence electrons. The smallest absolute Gasteiger partial charge is 0.303 e. The van der Waals surface area contributed by atoms with Crippen molar-refractivity contribution in [3.8, 4) is 18.1 Å². The molecule has 0 spiro atoms. The van der Waals surface area contributed by atoms with Gasteiger partial charge in [0.15, 0.2) is 0 Å². The van der Waals surface area contributed by atoms with Crippen LogP contribution in [0.25, 0.3) is 6.08 Å². The van der Waals surface area contributed by atoms with Gasteiger partial charge < -0.3 is 9.47 Å². The molecule has 3 nitrogen and oxygen atoms in total. The quantitative estimate of drug-likeness (QED) is 0.623. The van der Waals surface area contributed by atoms with Crippen LogP contribution in [0.15, 0.2) is 29.8 Å². The molecule has 1 aromatic carbocycles. The molecule has 0 radical (unpaired) electrons. The van der Waals surface area contributed by atoms with Crippen LogP contribution in [-0.2, 0) is 9.53 Å². The molecule has 0 aliphatic heterocycles. The summed E-state index contributed by atoms with van der Waals surface area (Å²) < 4.78 is 10.8. The van der Waals surface area contributed by atoms with Crippen molar-refractivity contribution in [2.24, 2.45) is 0 Å². The third kappa shape index (κ3) is 3.71. The molecule has 22 heavy (non-hydrogen) atoms. The van der Waals surface area contributed by atoms with Crippen molar-refractivity contribution in [2.45, 2.75) is 44.6 Å². The lowest BCUT2D eigenvalue weighted by atomic mass is 9.77. The zero-order chi connectivity index (χ0) is 16.0. The molecule has 1 aromatic rings. The Bertz CT molecular complexity index is 592. The van der Waals surface area contributed by atoms with Gasteiger partial charge in [0.05, 0.1) is 13.5 Å². The highest BCUT2D eigenvalue weighted by atomic mass is 16.6. The van der Waals surface area contributed by atoms with Crippen molar-refractivity contribution >= 4 is 12.0 Å². The van der Waals surface area contributed by atoms with Crippen LogP contribution in [-0.4, -0.2) is 18.7 Å². The predicted octanol–water partition coefficient (Wildman–Crippen LogP) is 3.98. The lowest BCUT2D eigenvalue weighted by Crippen LogP contribution is -2.38. The van der Waals surface area contributed by atoms with Crippen molar-refractivity contribution < 1.29 is 14.3 Å². The molecular weight excluding hydrogens is 276 g/mol. The Hall–Kier alpha value is -2.21. The van der Waals surface area contributed by atoms with E-state index in [9.17, 15) is 4.79 Å². The highest BCUT2D eigenvalue weighted by Gasteiger charge is 2.38. The van der Waals surface area contributed by atoms with E-state index in [1.165, 1.54) is 6.92 Å². The first-order chi connectivity index (χ1) is 10.6. The Kier molecular flexibility index (Phi) is 5.27. The summed E-state index contributed by atoms with van der Waals surface area (Å²) in [6.07, 6.45) is 11.9. The first-order valence-corrected chi connectivity index (χ1v) is 7.58. The maximum atomic E-state index is 11.5. The minimum absolute atomic E-state index is 0.280. The largest absolute Gasteiger partial charge is 0.497 e. The van der Waals surface area contributed by atoms with Gasteiger partial charge in [0.1, 0.15) is 11.4 Å². The predicted molar refractivity (Wildman–Crippen MR) is 87.4 cm³/mol. The zero-order valence-electron chi connectivity index (χ0n) is 13.2. The number of terminal acetylenes is 1. The summed E-state index contributed by atoms with van der Waals surface area (Å²) in [4.78, 5) is 11.5.